The van der Waals surface area contributed by atoms with E-state index < -0.39 is 15.6 Å². The minimum atomic E-state index is -5.84. The molecule has 0 aromatic rings. The second kappa shape index (κ2) is 2.97. The van der Waals surface area contributed by atoms with Crippen LogP contribution in [0.3, 0.4) is 0 Å². The summed E-state index contributed by atoms with van der Waals surface area (Å²) in [6, 6.07) is 0. The van der Waals surface area contributed by atoms with Gasteiger partial charge in [0.2, 0.25) is 0 Å². The Kier molecular flexibility index (Phi) is 3.98. The largest absolute Gasteiger partial charge is 0.522 e. The van der Waals surface area contributed by atoms with Crippen LogP contribution in [0.25, 0.3) is 0 Å². The molecule has 0 saturated carbocycles. The molecule has 9 heavy (non-hydrogen) atoms. The van der Waals surface area contributed by atoms with E-state index in [1.165, 1.54) is 0 Å². The van der Waals surface area contributed by atoms with Crippen molar-refractivity contribution in [3.63, 3.8) is 0 Å². The van der Waals surface area contributed by atoms with Gasteiger partial charge in [0.05, 0.1) is 0 Å². The molecule has 0 amide bonds. The van der Waals surface area contributed by atoms with Crippen molar-refractivity contribution in [1.82, 2.24) is 0 Å². The normalized spacial score (nSPS) is 12.4. The standard InChI is InChI=1S/CHF3O3S.Pd/c2-1(3,4)8(5,6)7;/h(H,5,6,7);. The number of halogens is 3. The van der Waals surface area contributed by atoms with Gasteiger partial charge in [-0.05, 0) is 0 Å². The van der Waals surface area contributed by atoms with Crippen LogP contribution in [0.15, 0.2) is 0 Å². The van der Waals surface area contributed by atoms with E-state index >= 15 is 0 Å². The van der Waals surface area contributed by atoms with Gasteiger partial charge in [0.15, 0.2) is 0 Å². The van der Waals surface area contributed by atoms with Gasteiger partial charge < -0.3 is 0 Å². The van der Waals surface area contributed by atoms with Crippen LogP contribution in [0.2, 0.25) is 0 Å². The molecule has 0 spiro atoms. The van der Waals surface area contributed by atoms with Gasteiger partial charge in [-0.1, -0.05) is 0 Å². The number of hydrogen-bond acceptors (Lipinski definition) is 2. The zero-order chi connectivity index (χ0) is 7.00. The summed E-state index contributed by atoms with van der Waals surface area (Å²) in [4.78, 5) is 0. The third-order valence-electron chi connectivity index (χ3n) is 0.292. The Morgan fingerprint density at radius 2 is 1.33 bits per heavy atom. The Morgan fingerprint density at radius 3 is 1.33 bits per heavy atom. The van der Waals surface area contributed by atoms with E-state index in [2.05, 4.69) is 0 Å². The van der Waals surface area contributed by atoms with Crippen molar-refractivity contribution in [3.8, 4) is 0 Å². The quantitative estimate of drug-likeness (QED) is 0.388. The van der Waals surface area contributed by atoms with Crippen molar-refractivity contribution in [1.29, 1.82) is 0 Å². The topological polar surface area (TPSA) is 54.4 Å². The Balaban J connectivity index is 0. The van der Waals surface area contributed by atoms with E-state index in [-0.39, 0.29) is 20.4 Å². The van der Waals surface area contributed by atoms with Crippen LogP contribution in [0.5, 0.6) is 0 Å². The molecule has 3 nitrogen and oxygen atoms in total. The molecular weight excluding hydrogens is 255 g/mol. The second-order valence-corrected chi connectivity index (χ2v) is 2.33. The third kappa shape index (κ3) is 3.86. The van der Waals surface area contributed by atoms with Crippen molar-refractivity contribution < 1.29 is 46.6 Å². The van der Waals surface area contributed by atoms with Crippen LogP contribution in [0, 0.1) is 0 Å². The van der Waals surface area contributed by atoms with Crippen LogP contribution in [-0.2, 0) is 30.5 Å². The summed E-state index contributed by atoms with van der Waals surface area (Å²) in [5.41, 5.74) is -5.53. The fourth-order valence-corrected chi connectivity index (χ4v) is 0. The summed E-state index contributed by atoms with van der Waals surface area (Å²) in [5.74, 6) is 0. The smallest absolute Gasteiger partial charge is 0.279 e. The van der Waals surface area contributed by atoms with Gasteiger partial charge in [-0.15, -0.1) is 0 Å². The Bertz CT molecular complexity index is 168. The minimum Gasteiger partial charge on any atom is -0.279 e. The molecule has 0 aromatic carbocycles. The first kappa shape index (κ1) is 12.1. The Labute approximate surface area is 62.6 Å². The average molecular weight is 256 g/mol. The molecule has 0 heterocycles. The number of hydrogen-bond donors (Lipinski definition) is 1. The summed E-state index contributed by atoms with van der Waals surface area (Å²) in [6.45, 7) is 0. The molecule has 0 saturated heterocycles. The maximum absolute atomic E-state index is 10.7. The van der Waals surface area contributed by atoms with Crippen molar-refractivity contribution >= 4 is 10.1 Å². The first-order chi connectivity index (χ1) is 3.25. The van der Waals surface area contributed by atoms with Crippen LogP contribution < -0.4 is 0 Å². The molecule has 60 valence electrons. The summed E-state index contributed by atoms with van der Waals surface area (Å²) >= 11 is 0. The molecule has 0 fully saturated rings. The molecule has 0 radical (unpaired) electrons. The molecule has 0 rings (SSSR count). The van der Waals surface area contributed by atoms with Crippen molar-refractivity contribution in [2.45, 2.75) is 5.51 Å². The minimum absolute atomic E-state index is 0. The van der Waals surface area contributed by atoms with Crippen LogP contribution in [0.1, 0.15) is 0 Å². The molecule has 1 N–H and O–H groups in total. The SMILES string of the molecule is O=S(=O)(O)C(F)(F)F.[Pd]. The van der Waals surface area contributed by atoms with E-state index in [1.807, 2.05) is 0 Å². The van der Waals surface area contributed by atoms with Crippen molar-refractivity contribution in [2.24, 2.45) is 0 Å². The maximum atomic E-state index is 10.7. The summed E-state index contributed by atoms with van der Waals surface area (Å²) in [7, 11) is -5.84. The molecule has 0 aromatic heterocycles. The van der Waals surface area contributed by atoms with Crippen molar-refractivity contribution in [3.05, 3.63) is 0 Å². The van der Waals surface area contributed by atoms with E-state index in [9.17, 15) is 13.2 Å². The van der Waals surface area contributed by atoms with Crippen LogP contribution in [0.4, 0.5) is 13.2 Å². The van der Waals surface area contributed by atoms with Gasteiger partial charge in [0.1, 0.15) is 0 Å². The average Bonchev–Trinajstić information content (AvgIpc) is 1.25. The first-order valence-electron chi connectivity index (χ1n) is 1.29. The maximum Gasteiger partial charge on any atom is 0.522 e. The van der Waals surface area contributed by atoms with Gasteiger partial charge in [-0.2, -0.15) is 21.6 Å². The molecule has 0 aliphatic carbocycles. The molecule has 0 bridgehead atoms. The van der Waals surface area contributed by atoms with Gasteiger partial charge >= 0.3 is 15.6 Å². The molecule has 0 aliphatic rings. The predicted molar refractivity (Wildman–Crippen MR) is 17.6 cm³/mol. The summed E-state index contributed by atoms with van der Waals surface area (Å²) in [6.07, 6.45) is 0. The number of alkyl halides is 3. The third-order valence-corrected chi connectivity index (χ3v) is 0.877. The molecule has 0 aliphatic heterocycles. The van der Waals surface area contributed by atoms with E-state index in [0.29, 0.717) is 0 Å². The van der Waals surface area contributed by atoms with Crippen LogP contribution in [-0.4, -0.2) is 18.5 Å². The Morgan fingerprint density at radius 1 is 1.22 bits per heavy atom. The fraction of sp³-hybridized carbons (Fsp3) is 1.00. The van der Waals surface area contributed by atoms with Gasteiger partial charge in [-0.3, -0.25) is 4.55 Å². The molecule has 0 atom stereocenters. The monoisotopic (exact) mass is 256 g/mol. The molecule has 0 unspecified atom stereocenters. The van der Waals surface area contributed by atoms with E-state index in [0.717, 1.165) is 0 Å². The fourth-order valence-electron chi connectivity index (χ4n) is 0. The first-order valence-corrected chi connectivity index (χ1v) is 2.73. The van der Waals surface area contributed by atoms with Crippen molar-refractivity contribution in [2.75, 3.05) is 0 Å². The van der Waals surface area contributed by atoms with E-state index in [1.54, 1.807) is 0 Å². The molecular formula is CHF3O3PdS. The van der Waals surface area contributed by atoms with Gasteiger partial charge in [-0.25, -0.2) is 0 Å². The second-order valence-electron chi connectivity index (χ2n) is 0.921. The zero-order valence-electron chi connectivity index (χ0n) is 3.62. The van der Waals surface area contributed by atoms with Gasteiger partial charge in [0.25, 0.3) is 0 Å². The van der Waals surface area contributed by atoms with E-state index in [4.69, 9.17) is 13.0 Å². The summed E-state index contributed by atoms with van der Waals surface area (Å²) in [5, 5.41) is 0. The predicted octanol–water partition coefficient (Wildman–Crippen LogP) is 0.392. The molecule has 8 heteroatoms. The number of rotatable bonds is 0. The summed E-state index contributed by atoms with van der Waals surface area (Å²) < 4.78 is 57.5. The van der Waals surface area contributed by atoms with Gasteiger partial charge in [0, 0.05) is 20.4 Å². The Hall–Kier alpha value is 0.362. The van der Waals surface area contributed by atoms with Crippen LogP contribution >= 0.6 is 0 Å². The zero-order valence-corrected chi connectivity index (χ0v) is 5.99.